The van der Waals surface area contributed by atoms with Crippen molar-refractivity contribution in [3.8, 4) is 5.75 Å². The molecule has 1 fully saturated rings. The maximum Gasteiger partial charge on any atom is 0.234 e. The second-order valence-corrected chi connectivity index (χ2v) is 5.35. The number of hydrogen-bond acceptors (Lipinski definition) is 4. The van der Waals surface area contributed by atoms with Gasteiger partial charge in [-0.25, -0.2) is 0 Å². The monoisotopic (exact) mass is 277 g/mol. The van der Waals surface area contributed by atoms with Crippen molar-refractivity contribution < 1.29 is 9.53 Å². The van der Waals surface area contributed by atoms with Crippen LogP contribution >= 0.6 is 0 Å². The van der Waals surface area contributed by atoms with E-state index in [1.54, 1.807) is 0 Å². The summed E-state index contributed by atoms with van der Waals surface area (Å²) >= 11 is 0. The predicted molar refractivity (Wildman–Crippen MR) is 79.6 cm³/mol. The Kier molecular flexibility index (Phi) is 5.24. The quantitative estimate of drug-likeness (QED) is 0.554. The summed E-state index contributed by atoms with van der Waals surface area (Å²) in [7, 11) is 1.95. The summed E-state index contributed by atoms with van der Waals surface area (Å²) in [5, 5.41) is 2.98. The molecule has 1 aromatic rings. The summed E-state index contributed by atoms with van der Waals surface area (Å²) in [6.07, 6.45) is 3.13. The molecular formula is C15H23N3O2. The zero-order valence-electron chi connectivity index (χ0n) is 12.0. The fourth-order valence-electron chi connectivity index (χ4n) is 1.95. The largest absolute Gasteiger partial charge is 0.493 e. The Labute approximate surface area is 120 Å². The maximum absolute atomic E-state index is 11.6. The first-order chi connectivity index (χ1) is 9.63. The van der Waals surface area contributed by atoms with Gasteiger partial charge in [0.25, 0.3) is 0 Å². The maximum atomic E-state index is 11.6. The molecule has 110 valence electrons. The zero-order valence-corrected chi connectivity index (χ0v) is 12.0. The van der Waals surface area contributed by atoms with Crippen molar-refractivity contribution in [3.63, 3.8) is 0 Å². The van der Waals surface area contributed by atoms with E-state index in [0.717, 1.165) is 31.6 Å². The van der Waals surface area contributed by atoms with Gasteiger partial charge >= 0.3 is 0 Å². The van der Waals surface area contributed by atoms with Crippen LogP contribution in [0.15, 0.2) is 24.3 Å². The van der Waals surface area contributed by atoms with Crippen molar-refractivity contribution in [2.45, 2.75) is 25.3 Å². The highest BCUT2D eigenvalue weighted by molar-refractivity contribution is 5.78. The van der Waals surface area contributed by atoms with E-state index in [9.17, 15) is 4.79 Å². The molecule has 0 atom stereocenters. The lowest BCUT2D eigenvalue weighted by molar-refractivity contribution is -0.122. The van der Waals surface area contributed by atoms with Crippen molar-refractivity contribution >= 4 is 11.6 Å². The van der Waals surface area contributed by atoms with E-state index in [1.807, 2.05) is 36.2 Å². The molecule has 1 aliphatic carbocycles. The first kappa shape index (κ1) is 14.7. The SMILES string of the molecule is CN(CCCOc1cccc(N)c1)CC(=O)NC1CC1. The number of nitrogens with zero attached hydrogens (tertiary/aromatic N) is 1. The molecule has 0 saturated heterocycles. The molecule has 1 aromatic carbocycles. The summed E-state index contributed by atoms with van der Waals surface area (Å²) in [6, 6.07) is 7.84. The average Bonchev–Trinajstić information content (AvgIpc) is 3.18. The molecule has 2 rings (SSSR count). The van der Waals surface area contributed by atoms with Crippen LogP contribution in [0.25, 0.3) is 0 Å². The number of carbonyl (C=O) groups is 1. The molecule has 1 aliphatic rings. The fourth-order valence-corrected chi connectivity index (χ4v) is 1.95. The van der Waals surface area contributed by atoms with Crippen LogP contribution in [0.5, 0.6) is 5.75 Å². The minimum atomic E-state index is 0.117. The molecule has 0 aromatic heterocycles. The number of carbonyl (C=O) groups excluding carboxylic acids is 1. The highest BCUT2D eigenvalue weighted by atomic mass is 16.5. The van der Waals surface area contributed by atoms with E-state index in [0.29, 0.717) is 24.9 Å². The van der Waals surface area contributed by atoms with Crippen LogP contribution in [0.1, 0.15) is 19.3 Å². The first-order valence-corrected chi connectivity index (χ1v) is 7.10. The summed E-state index contributed by atoms with van der Waals surface area (Å²) in [5.41, 5.74) is 6.38. The van der Waals surface area contributed by atoms with Gasteiger partial charge in [-0.1, -0.05) is 6.07 Å². The van der Waals surface area contributed by atoms with Crippen molar-refractivity contribution in [1.29, 1.82) is 0 Å². The van der Waals surface area contributed by atoms with Crippen LogP contribution in [-0.2, 0) is 4.79 Å². The van der Waals surface area contributed by atoms with E-state index in [1.165, 1.54) is 0 Å². The number of nitrogens with two attached hydrogens (primary N) is 1. The summed E-state index contributed by atoms with van der Waals surface area (Å²) in [5.74, 6) is 0.908. The lowest BCUT2D eigenvalue weighted by Gasteiger charge is -2.16. The van der Waals surface area contributed by atoms with Gasteiger partial charge < -0.3 is 15.8 Å². The number of ether oxygens (including phenoxy) is 1. The standard InChI is InChI=1S/C15H23N3O2/c1-18(11-15(19)17-13-6-7-13)8-3-9-20-14-5-2-4-12(16)10-14/h2,4-5,10,13H,3,6-9,11,16H2,1H3,(H,17,19). The third-order valence-electron chi connectivity index (χ3n) is 3.17. The molecule has 0 radical (unpaired) electrons. The number of likely N-dealkylation sites (N-methyl/N-ethyl adjacent to an activating group) is 1. The normalized spacial score (nSPS) is 14.3. The lowest BCUT2D eigenvalue weighted by Crippen LogP contribution is -2.36. The van der Waals surface area contributed by atoms with Crippen LogP contribution < -0.4 is 15.8 Å². The molecular weight excluding hydrogens is 254 g/mol. The van der Waals surface area contributed by atoms with Crippen LogP contribution in [0.2, 0.25) is 0 Å². The highest BCUT2D eigenvalue weighted by Gasteiger charge is 2.23. The first-order valence-electron chi connectivity index (χ1n) is 7.10. The van der Waals surface area contributed by atoms with Gasteiger partial charge in [0, 0.05) is 24.3 Å². The van der Waals surface area contributed by atoms with Crippen LogP contribution in [0.3, 0.4) is 0 Å². The van der Waals surface area contributed by atoms with Crippen molar-refractivity contribution in [1.82, 2.24) is 10.2 Å². The molecule has 3 N–H and O–H groups in total. The van der Waals surface area contributed by atoms with Crippen molar-refractivity contribution in [3.05, 3.63) is 24.3 Å². The van der Waals surface area contributed by atoms with Crippen molar-refractivity contribution in [2.75, 3.05) is 32.5 Å². The van der Waals surface area contributed by atoms with Crippen LogP contribution in [-0.4, -0.2) is 43.6 Å². The zero-order chi connectivity index (χ0) is 14.4. The van der Waals surface area contributed by atoms with E-state index in [-0.39, 0.29) is 5.91 Å². The van der Waals surface area contributed by atoms with E-state index in [2.05, 4.69) is 5.32 Å². The minimum Gasteiger partial charge on any atom is -0.493 e. The summed E-state index contributed by atoms with van der Waals surface area (Å²) < 4.78 is 5.61. The molecule has 20 heavy (non-hydrogen) atoms. The Bertz CT molecular complexity index is 446. The third-order valence-corrected chi connectivity index (χ3v) is 3.17. The number of nitrogens with one attached hydrogen (secondary N) is 1. The van der Waals surface area contributed by atoms with E-state index < -0.39 is 0 Å². The Morgan fingerprint density at radius 3 is 3.00 bits per heavy atom. The number of benzene rings is 1. The minimum absolute atomic E-state index is 0.117. The Morgan fingerprint density at radius 2 is 2.30 bits per heavy atom. The Hall–Kier alpha value is -1.75. The van der Waals surface area contributed by atoms with E-state index >= 15 is 0 Å². The smallest absolute Gasteiger partial charge is 0.234 e. The van der Waals surface area contributed by atoms with Gasteiger partial charge in [-0.05, 0) is 38.4 Å². The Morgan fingerprint density at radius 1 is 1.50 bits per heavy atom. The second-order valence-electron chi connectivity index (χ2n) is 5.35. The molecule has 0 unspecified atom stereocenters. The third kappa shape index (κ3) is 5.48. The number of anilines is 1. The average molecular weight is 277 g/mol. The number of nitrogen functional groups attached to an aromatic ring is 1. The van der Waals surface area contributed by atoms with Gasteiger partial charge in [0.2, 0.25) is 5.91 Å². The molecule has 0 aliphatic heterocycles. The van der Waals surface area contributed by atoms with Gasteiger partial charge in [-0.3, -0.25) is 9.69 Å². The predicted octanol–water partition coefficient (Wildman–Crippen LogP) is 1.25. The van der Waals surface area contributed by atoms with Crippen LogP contribution in [0, 0.1) is 0 Å². The van der Waals surface area contributed by atoms with Crippen molar-refractivity contribution in [2.24, 2.45) is 0 Å². The molecule has 0 bridgehead atoms. The summed E-state index contributed by atoms with van der Waals surface area (Å²) in [6.45, 7) is 1.91. The van der Waals surface area contributed by atoms with Gasteiger partial charge in [-0.2, -0.15) is 0 Å². The fraction of sp³-hybridized carbons (Fsp3) is 0.533. The summed E-state index contributed by atoms with van der Waals surface area (Å²) in [4.78, 5) is 13.6. The van der Waals surface area contributed by atoms with Gasteiger partial charge in [0.15, 0.2) is 0 Å². The van der Waals surface area contributed by atoms with Gasteiger partial charge in [-0.15, -0.1) is 0 Å². The molecule has 1 amide bonds. The molecule has 0 heterocycles. The van der Waals surface area contributed by atoms with Crippen LogP contribution in [0.4, 0.5) is 5.69 Å². The number of amides is 1. The topological polar surface area (TPSA) is 67.6 Å². The Balaban J connectivity index is 1.56. The second kappa shape index (κ2) is 7.14. The van der Waals surface area contributed by atoms with E-state index in [4.69, 9.17) is 10.5 Å². The molecule has 5 heteroatoms. The van der Waals surface area contributed by atoms with Gasteiger partial charge in [0.1, 0.15) is 5.75 Å². The van der Waals surface area contributed by atoms with Gasteiger partial charge in [0.05, 0.1) is 13.2 Å². The lowest BCUT2D eigenvalue weighted by atomic mass is 10.3. The molecule has 0 spiro atoms. The number of rotatable bonds is 8. The highest BCUT2D eigenvalue weighted by Crippen LogP contribution is 2.18. The number of hydrogen-bond donors (Lipinski definition) is 2. The molecule has 1 saturated carbocycles. The molecule has 5 nitrogen and oxygen atoms in total.